The van der Waals surface area contributed by atoms with Crippen molar-refractivity contribution in [3.63, 3.8) is 0 Å². The van der Waals surface area contributed by atoms with Crippen molar-refractivity contribution >= 4 is 11.0 Å². The van der Waals surface area contributed by atoms with Crippen molar-refractivity contribution in [3.05, 3.63) is 58.8 Å². The van der Waals surface area contributed by atoms with Crippen LogP contribution in [0.4, 0.5) is 0 Å². The Morgan fingerprint density at radius 3 is 2.55 bits per heavy atom. The molecule has 0 aliphatic carbocycles. The number of hydrogen-bond donors (Lipinski definition) is 1. The number of rotatable bonds is 2. The molecule has 4 nitrogen and oxygen atoms in total. The molecule has 0 radical (unpaired) electrons. The SMILES string of the molecule is COc1c(O)ccc2c(=O)cc(-c3ccccc3)oc12. The van der Waals surface area contributed by atoms with Crippen LogP contribution in [0.3, 0.4) is 0 Å². The van der Waals surface area contributed by atoms with Crippen LogP contribution in [0, 0.1) is 0 Å². The van der Waals surface area contributed by atoms with E-state index < -0.39 is 0 Å². The van der Waals surface area contributed by atoms with E-state index in [0.29, 0.717) is 11.1 Å². The zero-order chi connectivity index (χ0) is 14.1. The first-order valence-electron chi connectivity index (χ1n) is 6.10. The molecule has 3 rings (SSSR count). The maximum Gasteiger partial charge on any atom is 0.204 e. The van der Waals surface area contributed by atoms with Gasteiger partial charge in [0.05, 0.1) is 12.5 Å². The lowest BCUT2D eigenvalue weighted by molar-refractivity contribution is 0.371. The topological polar surface area (TPSA) is 59.7 Å². The van der Waals surface area contributed by atoms with Crippen molar-refractivity contribution < 1.29 is 14.3 Å². The molecule has 0 amide bonds. The second-order valence-corrected chi connectivity index (χ2v) is 4.34. The van der Waals surface area contributed by atoms with E-state index in [1.165, 1.54) is 25.3 Å². The van der Waals surface area contributed by atoms with Gasteiger partial charge in [0.15, 0.2) is 16.8 Å². The maximum atomic E-state index is 12.2. The molecular formula is C16H12O4. The standard InChI is InChI=1S/C16H12O4/c1-19-16-12(17)8-7-11-13(18)9-14(20-15(11)16)10-5-3-2-4-6-10/h2-9,17H,1H3. The Labute approximate surface area is 114 Å². The molecular weight excluding hydrogens is 256 g/mol. The minimum atomic E-state index is -0.177. The molecule has 0 fully saturated rings. The van der Waals surface area contributed by atoms with Gasteiger partial charge >= 0.3 is 0 Å². The van der Waals surface area contributed by atoms with Crippen LogP contribution in [0.15, 0.2) is 57.7 Å². The highest BCUT2D eigenvalue weighted by Crippen LogP contribution is 2.35. The fourth-order valence-electron chi connectivity index (χ4n) is 2.13. The summed E-state index contributed by atoms with van der Waals surface area (Å²) in [4.78, 5) is 12.2. The first-order chi connectivity index (χ1) is 9.70. The summed E-state index contributed by atoms with van der Waals surface area (Å²) in [5.41, 5.74) is 0.860. The second-order valence-electron chi connectivity index (χ2n) is 4.34. The summed E-state index contributed by atoms with van der Waals surface area (Å²) in [6, 6.07) is 13.7. The normalized spacial score (nSPS) is 10.7. The number of fused-ring (bicyclic) bond motifs is 1. The molecule has 0 aliphatic heterocycles. The van der Waals surface area contributed by atoms with Crippen molar-refractivity contribution in [2.75, 3.05) is 7.11 Å². The predicted octanol–water partition coefficient (Wildman–Crippen LogP) is 3.17. The van der Waals surface area contributed by atoms with Crippen molar-refractivity contribution in [3.8, 4) is 22.8 Å². The summed E-state index contributed by atoms with van der Waals surface area (Å²) in [5.74, 6) is 0.540. The summed E-state index contributed by atoms with van der Waals surface area (Å²) in [7, 11) is 1.42. The molecule has 2 aromatic carbocycles. The Kier molecular flexibility index (Phi) is 2.91. The third kappa shape index (κ3) is 1.91. The van der Waals surface area contributed by atoms with Crippen LogP contribution < -0.4 is 10.2 Å². The van der Waals surface area contributed by atoms with Crippen molar-refractivity contribution in [2.24, 2.45) is 0 Å². The van der Waals surface area contributed by atoms with E-state index in [2.05, 4.69) is 0 Å². The molecule has 1 heterocycles. The number of ether oxygens (including phenoxy) is 1. The van der Waals surface area contributed by atoms with Crippen LogP contribution >= 0.6 is 0 Å². The van der Waals surface area contributed by atoms with Crippen LogP contribution in [0.25, 0.3) is 22.3 Å². The van der Waals surface area contributed by atoms with Gasteiger partial charge in [-0.25, -0.2) is 0 Å². The first kappa shape index (κ1) is 12.3. The van der Waals surface area contributed by atoms with Gasteiger partial charge in [-0.1, -0.05) is 30.3 Å². The average Bonchev–Trinajstić information content (AvgIpc) is 2.48. The van der Waals surface area contributed by atoms with E-state index >= 15 is 0 Å². The average molecular weight is 268 g/mol. The molecule has 0 spiro atoms. The summed E-state index contributed by atoms with van der Waals surface area (Å²) >= 11 is 0. The number of benzene rings is 2. The summed E-state index contributed by atoms with van der Waals surface area (Å²) < 4.78 is 10.9. The third-order valence-corrected chi connectivity index (χ3v) is 3.09. The van der Waals surface area contributed by atoms with Crippen LogP contribution in [-0.4, -0.2) is 12.2 Å². The lowest BCUT2D eigenvalue weighted by atomic mass is 10.1. The number of phenols is 1. The van der Waals surface area contributed by atoms with Gasteiger partial charge in [-0.3, -0.25) is 4.79 Å². The fraction of sp³-hybridized carbons (Fsp3) is 0.0625. The van der Waals surface area contributed by atoms with Gasteiger partial charge in [0.25, 0.3) is 0 Å². The monoisotopic (exact) mass is 268 g/mol. The van der Waals surface area contributed by atoms with E-state index in [9.17, 15) is 9.90 Å². The molecule has 100 valence electrons. The molecule has 0 bridgehead atoms. The quantitative estimate of drug-likeness (QED) is 0.775. The van der Waals surface area contributed by atoms with Crippen LogP contribution in [-0.2, 0) is 0 Å². The molecule has 20 heavy (non-hydrogen) atoms. The molecule has 0 atom stereocenters. The van der Waals surface area contributed by atoms with Gasteiger partial charge in [0.2, 0.25) is 5.75 Å². The van der Waals surface area contributed by atoms with E-state index in [1.54, 1.807) is 0 Å². The number of hydrogen-bond acceptors (Lipinski definition) is 4. The van der Waals surface area contributed by atoms with E-state index in [4.69, 9.17) is 9.15 Å². The maximum absolute atomic E-state index is 12.2. The Hall–Kier alpha value is -2.75. The molecule has 3 aromatic rings. The van der Waals surface area contributed by atoms with Gasteiger partial charge < -0.3 is 14.3 Å². The molecule has 0 aliphatic rings. The van der Waals surface area contributed by atoms with Crippen molar-refractivity contribution in [1.29, 1.82) is 0 Å². The van der Waals surface area contributed by atoms with Crippen molar-refractivity contribution in [2.45, 2.75) is 0 Å². The predicted molar refractivity (Wildman–Crippen MR) is 76.1 cm³/mol. The van der Waals surface area contributed by atoms with Crippen molar-refractivity contribution in [1.82, 2.24) is 0 Å². The Morgan fingerprint density at radius 2 is 1.85 bits per heavy atom. The number of aromatic hydroxyl groups is 1. The lowest BCUT2D eigenvalue weighted by Gasteiger charge is -2.08. The first-order valence-corrected chi connectivity index (χ1v) is 6.10. The second kappa shape index (κ2) is 4.74. The molecule has 0 saturated carbocycles. The Bertz CT molecular complexity index is 819. The van der Waals surface area contributed by atoms with Crippen LogP contribution in [0.5, 0.6) is 11.5 Å². The van der Waals surface area contributed by atoms with Gasteiger partial charge in [-0.2, -0.15) is 0 Å². The molecule has 4 heteroatoms. The summed E-state index contributed by atoms with van der Waals surface area (Å²) in [6.07, 6.45) is 0. The van der Waals surface area contributed by atoms with Crippen LogP contribution in [0.1, 0.15) is 0 Å². The van der Waals surface area contributed by atoms with Gasteiger partial charge in [0, 0.05) is 11.6 Å². The molecule has 1 N–H and O–H groups in total. The molecule has 1 aromatic heterocycles. The minimum absolute atomic E-state index is 0.0617. The summed E-state index contributed by atoms with van der Waals surface area (Å²) in [6.45, 7) is 0. The van der Waals surface area contributed by atoms with Gasteiger partial charge in [-0.05, 0) is 12.1 Å². The minimum Gasteiger partial charge on any atom is -0.504 e. The smallest absolute Gasteiger partial charge is 0.204 e. The van der Waals surface area contributed by atoms with Crippen LogP contribution in [0.2, 0.25) is 0 Å². The molecule has 0 saturated heterocycles. The highest BCUT2D eigenvalue weighted by molar-refractivity contribution is 5.86. The fourth-order valence-corrected chi connectivity index (χ4v) is 2.13. The third-order valence-electron chi connectivity index (χ3n) is 3.09. The van der Waals surface area contributed by atoms with Gasteiger partial charge in [0.1, 0.15) is 5.76 Å². The Balaban J connectivity index is 2.36. The van der Waals surface area contributed by atoms with E-state index in [0.717, 1.165) is 5.56 Å². The van der Waals surface area contributed by atoms with E-state index in [1.807, 2.05) is 30.3 Å². The zero-order valence-corrected chi connectivity index (χ0v) is 10.8. The Morgan fingerprint density at radius 1 is 1.10 bits per heavy atom. The van der Waals surface area contributed by atoms with E-state index in [-0.39, 0.29) is 22.5 Å². The number of phenolic OH excluding ortho intramolecular Hbond substituents is 1. The highest BCUT2D eigenvalue weighted by atomic mass is 16.5. The number of methoxy groups -OCH3 is 1. The highest BCUT2D eigenvalue weighted by Gasteiger charge is 2.14. The summed E-state index contributed by atoms with van der Waals surface area (Å²) in [5, 5.41) is 10.1. The largest absolute Gasteiger partial charge is 0.504 e. The van der Waals surface area contributed by atoms with Gasteiger partial charge in [-0.15, -0.1) is 0 Å². The lowest BCUT2D eigenvalue weighted by Crippen LogP contribution is -2.01. The zero-order valence-electron chi connectivity index (χ0n) is 10.8. The molecule has 0 unspecified atom stereocenters.